The third kappa shape index (κ3) is 4.32. The van der Waals surface area contributed by atoms with E-state index in [2.05, 4.69) is 5.32 Å². The number of rotatable bonds is 4. The molecule has 0 unspecified atom stereocenters. The highest BCUT2D eigenvalue weighted by Gasteiger charge is 2.30. The summed E-state index contributed by atoms with van der Waals surface area (Å²) in [7, 11) is -3.19. The number of nitrogens with one attached hydrogen (secondary N) is 1. The monoisotopic (exact) mass is 393 g/mol. The van der Waals surface area contributed by atoms with Gasteiger partial charge in [0.05, 0.1) is 6.26 Å². The SMILES string of the molecule is CC(C)C(=O)N1CCc2cc(NC(=O)C3CCN(S(C)(=O)=O)CC3)ccc21. The van der Waals surface area contributed by atoms with Gasteiger partial charge in [0, 0.05) is 42.8 Å². The van der Waals surface area contributed by atoms with E-state index in [0.717, 1.165) is 23.4 Å². The van der Waals surface area contributed by atoms with Crippen molar-refractivity contribution in [2.45, 2.75) is 33.1 Å². The summed E-state index contributed by atoms with van der Waals surface area (Å²) in [6.07, 6.45) is 3.04. The van der Waals surface area contributed by atoms with Crippen molar-refractivity contribution in [1.29, 1.82) is 0 Å². The van der Waals surface area contributed by atoms with E-state index in [9.17, 15) is 18.0 Å². The maximum absolute atomic E-state index is 12.5. The van der Waals surface area contributed by atoms with Gasteiger partial charge in [-0.25, -0.2) is 12.7 Å². The molecule has 3 rings (SSSR count). The Morgan fingerprint density at radius 3 is 2.41 bits per heavy atom. The van der Waals surface area contributed by atoms with Crippen molar-refractivity contribution in [2.24, 2.45) is 11.8 Å². The van der Waals surface area contributed by atoms with E-state index in [4.69, 9.17) is 0 Å². The Morgan fingerprint density at radius 1 is 1.15 bits per heavy atom. The van der Waals surface area contributed by atoms with E-state index in [-0.39, 0.29) is 23.7 Å². The summed E-state index contributed by atoms with van der Waals surface area (Å²) >= 11 is 0. The van der Waals surface area contributed by atoms with Crippen molar-refractivity contribution in [1.82, 2.24) is 4.31 Å². The molecule has 1 aromatic rings. The summed E-state index contributed by atoms with van der Waals surface area (Å²) < 4.78 is 24.6. The van der Waals surface area contributed by atoms with Gasteiger partial charge in [-0.2, -0.15) is 0 Å². The van der Waals surface area contributed by atoms with Gasteiger partial charge >= 0.3 is 0 Å². The first-order chi connectivity index (χ1) is 12.7. The third-order valence-electron chi connectivity index (χ3n) is 5.30. The van der Waals surface area contributed by atoms with Gasteiger partial charge in [0.25, 0.3) is 0 Å². The Hall–Kier alpha value is -1.93. The Balaban J connectivity index is 1.63. The average molecular weight is 394 g/mol. The summed E-state index contributed by atoms with van der Waals surface area (Å²) in [5.41, 5.74) is 2.71. The van der Waals surface area contributed by atoms with E-state index < -0.39 is 10.0 Å². The maximum Gasteiger partial charge on any atom is 0.229 e. The van der Waals surface area contributed by atoms with Crippen molar-refractivity contribution >= 4 is 33.2 Å². The molecule has 7 nitrogen and oxygen atoms in total. The molecule has 2 amide bonds. The van der Waals surface area contributed by atoms with Crippen molar-refractivity contribution in [3.63, 3.8) is 0 Å². The average Bonchev–Trinajstić information content (AvgIpc) is 3.03. The lowest BCUT2D eigenvalue weighted by atomic mass is 9.97. The molecular formula is C19H27N3O4S. The summed E-state index contributed by atoms with van der Waals surface area (Å²) in [6, 6.07) is 5.66. The largest absolute Gasteiger partial charge is 0.326 e. The van der Waals surface area contributed by atoms with E-state index >= 15 is 0 Å². The quantitative estimate of drug-likeness (QED) is 0.846. The van der Waals surface area contributed by atoms with Crippen LogP contribution in [0.5, 0.6) is 0 Å². The standard InChI is InChI=1S/C19H27N3O4S/c1-13(2)19(24)22-11-8-15-12-16(4-5-17(15)22)20-18(23)14-6-9-21(10-7-14)27(3,25)26/h4-5,12-14H,6-11H2,1-3H3,(H,20,23). The second kappa shape index (κ2) is 7.59. The topological polar surface area (TPSA) is 86.8 Å². The van der Waals surface area contributed by atoms with E-state index in [1.54, 1.807) is 0 Å². The van der Waals surface area contributed by atoms with Crippen molar-refractivity contribution < 1.29 is 18.0 Å². The zero-order chi connectivity index (χ0) is 19.8. The first-order valence-electron chi connectivity index (χ1n) is 9.37. The molecule has 1 N–H and O–H groups in total. The molecule has 27 heavy (non-hydrogen) atoms. The fourth-order valence-electron chi connectivity index (χ4n) is 3.71. The van der Waals surface area contributed by atoms with Crippen LogP contribution in [0.3, 0.4) is 0 Å². The molecule has 1 aromatic carbocycles. The number of benzene rings is 1. The fraction of sp³-hybridized carbons (Fsp3) is 0.579. The van der Waals surface area contributed by atoms with Crippen LogP contribution in [0.1, 0.15) is 32.3 Å². The number of amides is 2. The van der Waals surface area contributed by atoms with Gasteiger partial charge in [-0.3, -0.25) is 9.59 Å². The van der Waals surface area contributed by atoms with Crippen molar-refractivity contribution in [2.75, 3.05) is 36.1 Å². The highest BCUT2D eigenvalue weighted by atomic mass is 32.2. The first kappa shape index (κ1) is 19.8. The molecule has 2 heterocycles. The molecule has 0 spiro atoms. The van der Waals surface area contributed by atoms with Crippen LogP contribution in [0.2, 0.25) is 0 Å². The van der Waals surface area contributed by atoms with Gasteiger partial charge in [-0.15, -0.1) is 0 Å². The van der Waals surface area contributed by atoms with Crippen LogP contribution in [0.15, 0.2) is 18.2 Å². The Kier molecular flexibility index (Phi) is 5.58. The Labute approximate surface area is 160 Å². The van der Waals surface area contributed by atoms with Crippen molar-refractivity contribution in [3.8, 4) is 0 Å². The number of hydrogen-bond acceptors (Lipinski definition) is 4. The molecule has 0 radical (unpaired) electrons. The lowest BCUT2D eigenvalue weighted by Crippen LogP contribution is -2.40. The molecule has 8 heteroatoms. The number of nitrogens with zero attached hydrogens (tertiary/aromatic N) is 2. The molecule has 0 atom stereocenters. The lowest BCUT2D eigenvalue weighted by molar-refractivity contribution is -0.121. The predicted octanol–water partition coefficient (Wildman–Crippen LogP) is 1.84. The van der Waals surface area contributed by atoms with E-state index in [1.165, 1.54) is 10.6 Å². The minimum Gasteiger partial charge on any atom is -0.326 e. The van der Waals surface area contributed by atoms with Crippen LogP contribution in [0.4, 0.5) is 11.4 Å². The number of fused-ring (bicyclic) bond motifs is 1. The first-order valence-corrected chi connectivity index (χ1v) is 11.2. The van der Waals surface area contributed by atoms with Crippen molar-refractivity contribution in [3.05, 3.63) is 23.8 Å². The second-order valence-corrected chi connectivity index (χ2v) is 9.65. The molecular weight excluding hydrogens is 366 g/mol. The fourth-order valence-corrected chi connectivity index (χ4v) is 4.59. The molecule has 2 aliphatic heterocycles. The molecule has 0 aromatic heterocycles. The van der Waals surface area contributed by atoms with E-state index in [0.29, 0.717) is 32.5 Å². The highest BCUT2D eigenvalue weighted by Crippen LogP contribution is 2.32. The van der Waals surface area contributed by atoms with Crippen LogP contribution < -0.4 is 10.2 Å². The van der Waals surface area contributed by atoms with Crippen LogP contribution in [0.25, 0.3) is 0 Å². The molecule has 0 aliphatic carbocycles. The van der Waals surface area contributed by atoms with Gasteiger partial charge in [-0.05, 0) is 43.0 Å². The minimum absolute atomic E-state index is 0.0480. The molecule has 1 saturated heterocycles. The summed E-state index contributed by atoms with van der Waals surface area (Å²) in [5.74, 6) is -0.192. The second-order valence-electron chi connectivity index (χ2n) is 7.66. The van der Waals surface area contributed by atoms with Gasteiger partial charge in [0.2, 0.25) is 21.8 Å². The number of carbonyl (C=O) groups is 2. The maximum atomic E-state index is 12.5. The van der Waals surface area contributed by atoms with Gasteiger partial charge in [-0.1, -0.05) is 13.8 Å². The van der Waals surface area contributed by atoms with Gasteiger partial charge in [0.1, 0.15) is 0 Å². The number of sulfonamides is 1. The van der Waals surface area contributed by atoms with Crippen LogP contribution in [-0.4, -0.2) is 50.4 Å². The van der Waals surface area contributed by atoms with Crippen LogP contribution in [0, 0.1) is 11.8 Å². The smallest absolute Gasteiger partial charge is 0.229 e. The predicted molar refractivity (Wildman–Crippen MR) is 105 cm³/mol. The summed E-state index contributed by atoms with van der Waals surface area (Å²) in [6.45, 7) is 5.22. The number of anilines is 2. The number of hydrogen-bond donors (Lipinski definition) is 1. The normalized spacial score (nSPS) is 18.6. The molecule has 148 valence electrons. The zero-order valence-electron chi connectivity index (χ0n) is 16.1. The van der Waals surface area contributed by atoms with Gasteiger partial charge < -0.3 is 10.2 Å². The highest BCUT2D eigenvalue weighted by molar-refractivity contribution is 7.88. The zero-order valence-corrected chi connectivity index (χ0v) is 16.9. The molecule has 2 aliphatic rings. The third-order valence-corrected chi connectivity index (χ3v) is 6.60. The molecule has 0 bridgehead atoms. The summed E-state index contributed by atoms with van der Waals surface area (Å²) in [4.78, 5) is 26.6. The molecule has 0 saturated carbocycles. The summed E-state index contributed by atoms with van der Waals surface area (Å²) in [5, 5.41) is 2.95. The van der Waals surface area contributed by atoms with Crippen LogP contribution in [-0.2, 0) is 26.0 Å². The molecule has 1 fully saturated rings. The number of piperidine rings is 1. The van der Waals surface area contributed by atoms with Crippen LogP contribution >= 0.6 is 0 Å². The Morgan fingerprint density at radius 2 is 1.81 bits per heavy atom. The lowest BCUT2D eigenvalue weighted by Gasteiger charge is -2.29. The van der Waals surface area contributed by atoms with E-state index in [1.807, 2.05) is 36.9 Å². The Bertz CT molecular complexity index is 843. The van der Waals surface area contributed by atoms with Gasteiger partial charge in [0.15, 0.2) is 0 Å². The minimum atomic E-state index is -3.19. The number of carbonyl (C=O) groups excluding carboxylic acids is 2.